The Labute approximate surface area is 148 Å². The van der Waals surface area contributed by atoms with Gasteiger partial charge in [0.15, 0.2) is 0 Å². The molecule has 2 aromatic heterocycles. The molecule has 124 valence electrons. The van der Waals surface area contributed by atoms with Gasteiger partial charge in [-0.25, -0.2) is 8.42 Å². The molecule has 0 bridgehead atoms. The number of sulfonamides is 1. The second-order valence-electron chi connectivity index (χ2n) is 5.33. The number of nitrogens with one attached hydrogen (secondary N) is 1. The number of rotatable bonds is 4. The molecule has 0 aliphatic rings. The van der Waals surface area contributed by atoms with E-state index in [1.54, 1.807) is 42.7 Å². The molecule has 0 radical (unpaired) electrons. The second-order valence-corrected chi connectivity index (χ2v) is 7.59. The summed E-state index contributed by atoms with van der Waals surface area (Å²) >= 11 is 1.27. The molecule has 0 aliphatic heterocycles. The summed E-state index contributed by atoms with van der Waals surface area (Å²) in [6.45, 7) is 0. The summed E-state index contributed by atoms with van der Waals surface area (Å²) in [5.41, 5.74) is 2.13. The van der Waals surface area contributed by atoms with Gasteiger partial charge in [-0.15, -0.1) is 5.10 Å². The fraction of sp³-hybridized carbons (Fsp3) is 0. The quantitative estimate of drug-likeness (QED) is 0.595. The Morgan fingerprint density at radius 2 is 1.84 bits per heavy atom. The van der Waals surface area contributed by atoms with Gasteiger partial charge in [-0.3, -0.25) is 9.71 Å². The van der Waals surface area contributed by atoms with Gasteiger partial charge in [-0.05, 0) is 35.8 Å². The molecule has 6 nitrogen and oxygen atoms in total. The largest absolute Gasteiger partial charge is 0.280 e. The van der Waals surface area contributed by atoms with Gasteiger partial charge in [0.2, 0.25) is 0 Å². The lowest BCUT2D eigenvalue weighted by atomic mass is 10.2. The van der Waals surface area contributed by atoms with E-state index in [4.69, 9.17) is 0 Å². The maximum Gasteiger partial charge on any atom is 0.262 e. The number of anilines is 1. The summed E-state index contributed by atoms with van der Waals surface area (Å²) < 4.78 is 32.0. The summed E-state index contributed by atoms with van der Waals surface area (Å²) in [6.07, 6.45) is 3.23. The van der Waals surface area contributed by atoms with Crippen LogP contribution >= 0.6 is 11.5 Å². The van der Waals surface area contributed by atoms with Crippen molar-refractivity contribution in [1.82, 2.24) is 14.6 Å². The van der Waals surface area contributed by atoms with Crippen LogP contribution in [0, 0.1) is 0 Å². The highest BCUT2D eigenvalue weighted by Gasteiger charge is 2.17. The number of fused-ring (bicyclic) bond motifs is 1. The van der Waals surface area contributed by atoms with E-state index in [0.29, 0.717) is 11.1 Å². The van der Waals surface area contributed by atoms with E-state index in [9.17, 15) is 8.42 Å². The summed E-state index contributed by atoms with van der Waals surface area (Å²) in [7, 11) is -3.71. The molecule has 0 unspecified atom stereocenters. The number of pyridine rings is 1. The molecular formula is C17H12N4O2S2. The van der Waals surface area contributed by atoms with Crippen LogP contribution in [0.25, 0.3) is 22.0 Å². The SMILES string of the molecule is O=S(=O)(Nc1ccc(-c2csnn2)cc1)c1cccc2cnccc12. The fourth-order valence-corrected chi connectivity index (χ4v) is 4.29. The van der Waals surface area contributed by atoms with Gasteiger partial charge in [0.1, 0.15) is 5.69 Å². The van der Waals surface area contributed by atoms with Crippen LogP contribution in [-0.4, -0.2) is 23.0 Å². The van der Waals surface area contributed by atoms with Crippen molar-refractivity contribution in [3.63, 3.8) is 0 Å². The van der Waals surface area contributed by atoms with Gasteiger partial charge in [0.25, 0.3) is 10.0 Å². The van der Waals surface area contributed by atoms with Crippen molar-refractivity contribution in [2.45, 2.75) is 4.90 Å². The first-order valence-corrected chi connectivity index (χ1v) is 9.68. The highest BCUT2D eigenvalue weighted by molar-refractivity contribution is 7.93. The molecule has 1 N–H and O–H groups in total. The third-order valence-corrected chi connectivity index (χ3v) is 5.67. The van der Waals surface area contributed by atoms with Crippen LogP contribution in [0.2, 0.25) is 0 Å². The Morgan fingerprint density at radius 3 is 2.60 bits per heavy atom. The highest BCUT2D eigenvalue weighted by Crippen LogP contribution is 2.25. The third kappa shape index (κ3) is 3.09. The van der Waals surface area contributed by atoms with E-state index in [1.807, 2.05) is 23.6 Å². The molecule has 0 spiro atoms. The molecule has 0 amide bonds. The van der Waals surface area contributed by atoms with Crippen molar-refractivity contribution in [2.24, 2.45) is 0 Å². The molecule has 0 aliphatic carbocycles. The molecule has 4 rings (SSSR count). The molecule has 0 atom stereocenters. The fourth-order valence-electron chi connectivity index (χ4n) is 2.54. The summed E-state index contributed by atoms with van der Waals surface area (Å²) in [6, 6.07) is 13.8. The van der Waals surface area contributed by atoms with E-state index in [-0.39, 0.29) is 4.90 Å². The number of benzene rings is 2. The normalized spacial score (nSPS) is 11.5. The number of hydrogen-bond donors (Lipinski definition) is 1. The van der Waals surface area contributed by atoms with Gasteiger partial charge in [0, 0.05) is 39.8 Å². The average Bonchev–Trinajstić information content (AvgIpc) is 3.16. The number of hydrogen-bond acceptors (Lipinski definition) is 6. The van der Waals surface area contributed by atoms with Gasteiger partial charge in [0.05, 0.1) is 4.90 Å². The van der Waals surface area contributed by atoms with Crippen molar-refractivity contribution in [2.75, 3.05) is 4.72 Å². The number of nitrogens with zero attached hydrogens (tertiary/aromatic N) is 3. The monoisotopic (exact) mass is 368 g/mol. The minimum Gasteiger partial charge on any atom is -0.280 e. The van der Waals surface area contributed by atoms with Crippen molar-refractivity contribution in [1.29, 1.82) is 0 Å². The summed E-state index contributed by atoms with van der Waals surface area (Å²) in [5.74, 6) is 0. The standard InChI is InChI=1S/C17H12N4O2S2/c22-25(23,17-3-1-2-13-10-18-9-8-15(13)17)20-14-6-4-12(5-7-14)16-11-24-21-19-16/h1-11,20H. The highest BCUT2D eigenvalue weighted by atomic mass is 32.2. The van der Waals surface area contributed by atoms with Gasteiger partial charge < -0.3 is 0 Å². The van der Waals surface area contributed by atoms with E-state index < -0.39 is 10.0 Å². The van der Waals surface area contributed by atoms with Crippen LogP contribution in [0.3, 0.4) is 0 Å². The van der Waals surface area contributed by atoms with E-state index >= 15 is 0 Å². The average molecular weight is 368 g/mol. The Hall–Kier alpha value is -2.84. The first kappa shape index (κ1) is 15.7. The zero-order valence-corrected chi connectivity index (χ0v) is 14.5. The molecule has 0 saturated heterocycles. The predicted molar refractivity (Wildman–Crippen MR) is 97.9 cm³/mol. The van der Waals surface area contributed by atoms with Crippen molar-refractivity contribution < 1.29 is 8.42 Å². The maximum atomic E-state index is 12.8. The molecule has 0 fully saturated rings. The topological polar surface area (TPSA) is 84.8 Å². The smallest absolute Gasteiger partial charge is 0.262 e. The maximum absolute atomic E-state index is 12.8. The van der Waals surface area contributed by atoms with Crippen LogP contribution in [0.4, 0.5) is 5.69 Å². The van der Waals surface area contributed by atoms with Crippen LogP contribution in [-0.2, 0) is 10.0 Å². The second kappa shape index (κ2) is 6.23. The Kier molecular flexibility index (Phi) is 3.90. The molecule has 2 heterocycles. The molecule has 0 saturated carbocycles. The summed E-state index contributed by atoms with van der Waals surface area (Å²) in [4.78, 5) is 4.25. The summed E-state index contributed by atoms with van der Waals surface area (Å²) in [5, 5.41) is 7.24. The van der Waals surface area contributed by atoms with E-state index in [2.05, 4.69) is 19.3 Å². The van der Waals surface area contributed by atoms with E-state index in [0.717, 1.165) is 16.6 Å². The van der Waals surface area contributed by atoms with Crippen molar-refractivity contribution in [3.05, 3.63) is 66.3 Å². The zero-order valence-electron chi connectivity index (χ0n) is 12.8. The van der Waals surface area contributed by atoms with Crippen molar-refractivity contribution >= 4 is 38.0 Å². The van der Waals surface area contributed by atoms with Gasteiger partial charge in [-0.1, -0.05) is 28.8 Å². The minimum absolute atomic E-state index is 0.222. The van der Waals surface area contributed by atoms with Crippen LogP contribution in [0.1, 0.15) is 0 Å². The molecular weight excluding hydrogens is 356 g/mol. The van der Waals surface area contributed by atoms with Crippen LogP contribution in [0.5, 0.6) is 0 Å². The first-order valence-electron chi connectivity index (χ1n) is 7.36. The van der Waals surface area contributed by atoms with E-state index in [1.165, 1.54) is 11.5 Å². The van der Waals surface area contributed by atoms with Crippen molar-refractivity contribution in [3.8, 4) is 11.3 Å². The van der Waals surface area contributed by atoms with Crippen LogP contribution in [0.15, 0.2) is 71.2 Å². The Morgan fingerprint density at radius 1 is 1.00 bits per heavy atom. The third-order valence-electron chi connectivity index (χ3n) is 3.72. The Balaban J connectivity index is 1.67. The predicted octanol–water partition coefficient (Wildman–Crippen LogP) is 3.55. The minimum atomic E-state index is -3.71. The lowest BCUT2D eigenvalue weighted by molar-refractivity contribution is 0.602. The molecule has 2 aromatic carbocycles. The van der Waals surface area contributed by atoms with Gasteiger partial charge in [-0.2, -0.15) is 0 Å². The lowest BCUT2D eigenvalue weighted by Gasteiger charge is -2.10. The zero-order chi connectivity index (χ0) is 17.3. The molecule has 8 heteroatoms. The Bertz CT molecular complexity index is 1120. The first-order chi connectivity index (χ1) is 12.1. The molecule has 25 heavy (non-hydrogen) atoms. The number of aromatic nitrogens is 3. The lowest BCUT2D eigenvalue weighted by Crippen LogP contribution is -2.13. The van der Waals surface area contributed by atoms with Crippen LogP contribution < -0.4 is 4.72 Å². The van der Waals surface area contributed by atoms with Gasteiger partial charge >= 0.3 is 0 Å². The molecule has 4 aromatic rings.